The number of halogens is 2. The number of nitrogens with two attached hydrogens (primary N) is 2. The smallest absolute Gasteiger partial charge is 0.313 e. The van der Waals surface area contributed by atoms with Gasteiger partial charge in [0, 0.05) is 11.6 Å². The number of guanidine groups is 1. The fourth-order valence-corrected chi connectivity index (χ4v) is 4.22. The van der Waals surface area contributed by atoms with Crippen molar-refractivity contribution in [1.82, 2.24) is 5.32 Å². The molecule has 1 aliphatic carbocycles. The Hall–Kier alpha value is -3.91. The van der Waals surface area contributed by atoms with E-state index in [9.17, 15) is 14.0 Å². The molecule has 7 nitrogen and oxygen atoms in total. The van der Waals surface area contributed by atoms with Gasteiger partial charge in [0.2, 0.25) is 0 Å². The predicted octanol–water partition coefficient (Wildman–Crippen LogP) is 3.39. The zero-order valence-electron chi connectivity index (χ0n) is 18.1. The lowest BCUT2D eigenvalue weighted by Gasteiger charge is -2.22. The topological polar surface area (TPSA) is 123 Å². The second-order valence-electron chi connectivity index (χ2n) is 8.03. The highest BCUT2D eigenvalue weighted by Crippen LogP contribution is 2.42. The molecule has 0 radical (unpaired) electrons. The van der Waals surface area contributed by atoms with E-state index in [2.05, 4.69) is 15.6 Å². The van der Waals surface area contributed by atoms with E-state index < -0.39 is 23.7 Å². The third kappa shape index (κ3) is 5.18. The zero-order chi connectivity index (χ0) is 24.2. The maximum absolute atomic E-state index is 13.7. The first-order valence-corrected chi connectivity index (χ1v) is 11.0. The second kappa shape index (κ2) is 9.93. The summed E-state index contributed by atoms with van der Waals surface area (Å²) >= 11 is 5.67. The number of nitrogens with one attached hydrogen (secondary N) is 2. The van der Waals surface area contributed by atoms with Crippen LogP contribution in [0.2, 0.25) is 5.02 Å². The molecule has 0 saturated heterocycles. The van der Waals surface area contributed by atoms with Crippen molar-refractivity contribution < 1.29 is 14.0 Å². The van der Waals surface area contributed by atoms with Gasteiger partial charge < -0.3 is 22.1 Å². The number of aliphatic imine (C=N–C) groups is 1. The SMILES string of the molecule is NC(N)=NCc1ccc([C@H]2Cc3ccccc3[C@@H]2NC(=O)C(=O)Nc2ccc(Cl)c(F)c2)cc1. The van der Waals surface area contributed by atoms with Crippen molar-refractivity contribution in [2.24, 2.45) is 16.5 Å². The Labute approximate surface area is 201 Å². The molecule has 0 spiro atoms. The quantitative estimate of drug-likeness (QED) is 0.254. The number of nitrogens with zero attached hydrogens (tertiary/aromatic N) is 1. The Bertz CT molecular complexity index is 1260. The van der Waals surface area contributed by atoms with Crippen LogP contribution in [0.3, 0.4) is 0 Å². The number of hydrogen-bond acceptors (Lipinski definition) is 3. The van der Waals surface area contributed by atoms with Gasteiger partial charge in [-0.05, 0) is 46.9 Å². The van der Waals surface area contributed by atoms with Crippen molar-refractivity contribution in [2.45, 2.75) is 24.9 Å². The Morgan fingerprint density at radius 1 is 1.03 bits per heavy atom. The van der Waals surface area contributed by atoms with E-state index >= 15 is 0 Å². The Balaban J connectivity index is 1.52. The summed E-state index contributed by atoms with van der Waals surface area (Å²) in [6.45, 7) is 0.374. The van der Waals surface area contributed by atoms with Gasteiger partial charge in [-0.25, -0.2) is 9.38 Å². The number of fused-ring (bicyclic) bond motifs is 1. The average Bonchev–Trinajstić information content (AvgIpc) is 3.18. The van der Waals surface area contributed by atoms with Crippen molar-refractivity contribution in [3.05, 3.63) is 99.8 Å². The first-order chi connectivity index (χ1) is 16.3. The standard InChI is InChI=1S/C25H23ClFN5O2/c26-20-10-9-17(12-21(20)27)31-23(33)24(34)32-22-18-4-2-1-3-16(18)11-19(22)15-7-5-14(6-8-15)13-30-25(28)29/h1-10,12,19,22H,11,13H2,(H,31,33)(H,32,34)(H4,28,29,30)/t19-,22+/m1/s1. The molecular weight excluding hydrogens is 457 g/mol. The van der Waals surface area contributed by atoms with E-state index in [0.29, 0.717) is 13.0 Å². The summed E-state index contributed by atoms with van der Waals surface area (Å²) in [4.78, 5) is 29.3. The van der Waals surface area contributed by atoms with Crippen LogP contribution in [-0.4, -0.2) is 17.8 Å². The highest BCUT2D eigenvalue weighted by atomic mass is 35.5. The van der Waals surface area contributed by atoms with Crippen LogP contribution in [0, 0.1) is 5.82 Å². The molecule has 0 unspecified atom stereocenters. The van der Waals surface area contributed by atoms with Crippen molar-refractivity contribution in [3.8, 4) is 0 Å². The summed E-state index contributed by atoms with van der Waals surface area (Å²) in [6.07, 6.45) is 0.707. The van der Waals surface area contributed by atoms with Gasteiger partial charge in [0.25, 0.3) is 0 Å². The second-order valence-corrected chi connectivity index (χ2v) is 8.43. The molecule has 6 N–H and O–H groups in total. The fourth-order valence-electron chi connectivity index (χ4n) is 4.10. The van der Waals surface area contributed by atoms with Gasteiger partial charge in [0.1, 0.15) is 5.82 Å². The van der Waals surface area contributed by atoms with Crippen molar-refractivity contribution in [3.63, 3.8) is 0 Å². The van der Waals surface area contributed by atoms with Crippen LogP contribution in [0.4, 0.5) is 10.1 Å². The summed E-state index contributed by atoms with van der Waals surface area (Å²) in [5.41, 5.74) is 15.0. The van der Waals surface area contributed by atoms with Crippen LogP contribution < -0.4 is 22.1 Å². The molecule has 174 valence electrons. The van der Waals surface area contributed by atoms with Crippen molar-refractivity contribution in [2.75, 3.05) is 5.32 Å². The molecule has 9 heteroatoms. The van der Waals surface area contributed by atoms with Crippen molar-refractivity contribution >= 4 is 35.1 Å². The van der Waals surface area contributed by atoms with Crippen LogP contribution in [0.15, 0.2) is 71.7 Å². The number of amides is 2. The zero-order valence-corrected chi connectivity index (χ0v) is 18.9. The highest BCUT2D eigenvalue weighted by molar-refractivity contribution is 6.39. The number of rotatable bonds is 5. The first-order valence-electron chi connectivity index (χ1n) is 10.6. The molecule has 0 heterocycles. The van der Waals surface area contributed by atoms with Crippen LogP contribution in [0.5, 0.6) is 0 Å². The minimum absolute atomic E-state index is 0.0257. The number of benzene rings is 3. The van der Waals surface area contributed by atoms with E-state index in [4.69, 9.17) is 23.1 Å². The molecule has 4 rings (SSSR count). The van der Waals surface area contributed by atoms with E-state index in [1.165, 1.54) is 12.1 Å². The number of carbonyl (C=O) groups is 2. The molecule has 34 heavy (non-hydrogen) atoms. The number of anilines is 1. The van der Waals surface area contributed by atoms with Gasteiger partial charge in [0.05, 0.1) is 17.6 Å². The van der Waals surface area contributed by atoms with E-state index in [0.717, 1.165) is 28.3 Å². The van der Waals surface area contributed by atoms with Crippen molar-refractivity contribution in [1.29, 1.82) is 0 Å². The third-order valence-electron chi connectivity index (χ3n) is 5.75. The molecule has 0 aliphatic heterocycles. The Morgan fingerprint density at radius 2 is 1.76 bits per heavy atom. The minimum atomic E-state index is -0.891. The molecule has 1 aliphatic rings. The largest absolute Gasteiger partial charge is 0.370 e. The molecule has 3 aromatic carbocycles. The van der Waals surface area contributed by atoms with Crippen LogP contribution in [0.1, 0.15) is 34.2 Å². The monoisotopic (exact) mass is 479 g/mol. The molecule has 0 bridgehead atoms. The fraction of sp³-hybridized carbons (Fsp3) is 0.160. The van der Waals surface area contributed by atoms with Crippen LogP contribution in [0.25, 0.3) is 0 Å². The Kier molecular flexibility index (Phi) is 6.79. The van der Waals surface area contributed by atoms with E-state index in [1.807, 2.05) is 48.5 Å². The predicted molar refractivity (Wildman–Crippen MR) is 130 cm³/mol. The summed E-state index contributed by atoms with van der Waals surface area (Å²) < 4.78 is 13.7. The lowest BCUT2D eigenvalue weighted by atomic mass is 9.91. The van der Waals surface area contributed by atoms with E-state index in [1.54, 1.807) is 0 Å². The normalized spacial score (nSPS) is 16.4. The lowest BCUT2D eigenvalue weighted by molar-refractivity contribution is -0.136. The first kappa shape index (κ1) is 23.3. The third-order valence-corrected chi connectivity index (χ3v) is 6.06. The number of hydrogen-bond donors (Lipinski definition) is 4. The number of carbonyl (C=O) groups excluding carboxylic acids is 2. The van der Waals surface area contributed by atoms with Crippen LogP contribution >= 0.6 is 11.6 Å². The molecule has 3 aromatic rings. The van der Waals surface area contributed by atoms with Gasteiger partial charge in [-0.3, -0.25) is 9.59 Å². The lowest BCUT2D eigenvalue weighted by Crippen LogP contribution is -2.39. The molecule has 2 amide bonds. The average molecular weight is 480 g/mol. The summed E-state index contributed by atoms with van der Waals surface area (Å²) in [7, 11) is 0. The summed E-state index contributed by atoms with van der Waals surface area (Å²) in [6, 6.07) is 19.0. The molecule has 0 saturated carbocycles. The van der Waals surface area contributed by atoms with Gasteiger partial charge in [-0.1, -0.05) is 60.1 Å². The van der Waals surface area contributed by atoms with Gasteiger partial charge in [-0.15, -0.1) is 0 Å². The highest BCUT2D eigenvalue weighted by Gasteiger charge is 2.35. The van der Waals surface area contributed by atoms with Gasteiger partial charge in [0.15, 0.2) is 5.96 Å². The molecule has 0 aromatic heterocycles. The molecule has 0 fully saturated rings. The maximum atomic E-state index is 13.7. The van der Waals surface area contributed by atoms with Gasteiger partial charge in [-0.2, -0.15) is 0 Å². The summed E-state index contributed by atoms with van der Waals surface area (Å²) in [5, 5.41) is 5.20. The maximum Gasteiger partial charge on any atom is 0.313 e. The molecular formula is C25H23ClFN5O2. The Morgan fingerprint density at radius 3 is 2.47 bits per heavy atom. The minimum Gasteiger partial charge on any atom is -0.370 e. The summed E-state index contributed by atoms with van der Waals surface area (Å²) in [5.74, 6) is -2.44. The van der Waals surface area contributed by atoms with Crippen LogP contribution in [-0.2, 0) is 22.6 Å². The molecule has 2 atom stereocenters. The van der Waals surface area contributed by atoms with Gasteiger partial charge >= 0.3 is 11.8 Å². The van der Waals surface area contributed by atoms with E-state index in [-0.39, 0.29) is 22.6 Å².